The number of anilines is 1. The van der Waals surface area contributed by atoms with Crippen LogP contribution in [-0.2, 0) is 4.79 Å². The number of alkyl halides is 3. The molecule has 2 aliphatic carbocycles. The first-order valence-corrected chi connectivity index (χ1v) is 11.4. The second-order valence-corrected chi connectivity index (χ2v) is 8.78. The zero-order chi connectivity index (χ0) is 24.3. The summed E-state index contributed by atoms with van der Waals surface area (Å²) in [7, 11) is 0. The first-order chi connectivity index (χ1) is 16.2. The second kappa shape index (κ2) is 9.83. The van der Waals surface area contributed by atoms with Crippen molar-refractivity contribution in [3.05, 3.63) is 63.9 Å². The third-order valence-corrected chi connectivity index (χ3v) is 6.32. The molecule has 2 aromatic rings. The number of hydrogen-bond donors (Lipinski definition) is 2. The number of carbonyl (C=O) groups is 1. The van der Waals surface area contributed by atoms with Gasteiger partial charge in [0.2, 0.25) is 5.91 Å². The quantitative estimate of drug-likeness (QED) is 0.666. The zero-order valence-electron chi connectivity index (χ0n) is 19.0. The number of nitrogens with two attached hydrogens (primary N) is 1. The molecule has 34 heavy (non-hydrogen) atoms. The van der Waals surface area contributed by atoms with E-state index < -0.39 is 12.1 Å². The number of halogens is 3. The average Bonchev–Trinajstić information content (AvgIpc) is 2.76. The minimum atomic E-state index is -4.17. The van der Waals surface area contributed by atoms with Gasteiger partial charge in [-0.15, -0.1) is 0 Å². The first kappa shape index (κ1) is 23.7. The van der Waals surface area contributed by atoms with Crippen LogP contribution in [0.5, 0.6) is 0 Å². The SMILES string of the molecule is Cc1ccncc1-c1cc2/c(c(N)n1)=C\CC/C=C(NC(=O)C=C1CCC(C(F)(F)F)CC1)\C=2. The maximum Gasteiger partial charge on any atom is 0.391 e. The number of aryl methyl sites for hydroxylation is 1. The van der Waals surface area contributed by atoms with E-state index in [9.17, 15) is 18.0 Å². The van der Waals surface area contributed by atoms with Crippen LogP contribution in [0.3, 0.4) is 0 Å². The Hall–Kier alpha value is -3.42. The molecular weight excluding hydrogens is 441 g/mol. The van der Waals surface area contributed by atoms with Crippen molar-refractivity contribution in [2.45, 2.75) is 51.6 Å². The smallest absolute Gasteiger partial charge is 0.383 e. The summed E-state index contributed by atoms with van der Waals surface area (Å²) in [5.41, 5.74) is 10.3. The Kier molecular flexibility index (Phi) is 6.86. The molecule has 1 amide bonds. The molecule has 5 nitrogen and oxygen atoms in total. The maximum atomic E-state index is 12.9. The molecule has 4 rings (SSSR count). The molecule has 0 aliphatic heterocycles. The van der Waals surface area contributed by atoms with Gasteiger partial charge in [-0.2, -0.15) is 13.2 Å². The Labute approximate surface area is 196 Å². The molecule has 0 saturated heterocycles. The van der Waals surface area contributed by atoms with E-state index in [4.69, 9.17) is 5.73 Å². The predicted molar refractivity (Wildman–Crippen MR) is 126 cm³/mol. The summed E-state index contributed by atoms with van der Waals surface area (Å²) in [6, 6.07) is 3.83. The van der Waals surface area contributed by atoms with Crippen LogP contribution in [0, 0.1) is 12.8 Å². The van der Waals surface area contributed by atoms with Gasteiger partial charge in [-0.05, 0) is 74.4 Å². The summed E-state index contributed by atoms with van der Waals surface area (Å²) in [5.74, 6) is -1.21. The molecular formula is C26H27F3N4O. The van der Waals surface area contributed by atoms with Crippen LogP contribution >= 0.6 is 0 Å². The van der Waals surface area contributed by atoms with Gasteiger partial charge in [0.15, 0.2) is 0 Å². The van der Waals surface area contributed by atoms with Crippen LogP contribution in [-0.4, -0.2) is 22.1 Å². The van der Waals surface area contributed by atoms with Crippen molar-refractivity contribution in [1.29, 1.82) is 0 Å². The van der Waals surface area contributed by atoms with Crippen molar-refractivity contribution in [2.24, 2.45) is 5.92 Å². The monoisotopic (exact) mass is 468 g/mol. The molecule has 8 heteroatoms. The molecule has 0 atom stereocenters. The standard InChI is InChI=1S/C26H27F3N4O/c1-16-10-11-31-15-22(16)23-14-18-13-20(4-2-3-5-21(18)25(30)33-23)32-24(34)12-17-6-8-19(9-7-17)26(27,28)29/h4-5,10-15,19H,2-3,6-9H2,1H3,(H2,30,33)(H,32,34)/b17-12?,18-13-,20-4+,21-5+. The maximum absolute atomic E-state index is 12.9. The fraction of sp³-hybridized carbons (Fsp3) is 0.346. The third-order valence-electron chi connectivity index (χ3n) is 6.32. The topological polar surface area (TPSA) is 80.9 Å². The number of hydrogen-bond acceptors (Lipinski definition) is 4. The lowest BCUT2D eigenvalue weighted by molar-refractivity contribution is -0.179. The van der Waals surface area contributed by atoms with Crippen molar-refractivity contribution >= 4 is 23.9 Å². The minimum Gasteiger partial charge on any atom is -0.383 e. The Morgan fingerprint density at radius 3 is 2.65 bits per heavy atom. The summed E-state index contributed by atoms with van der Waals surface area (Å²) in [6.07, 6.45) is 8.63. The van der Waals surface area contributed by atoms with Crippen molar-refractivity contribution in [3.8, 4) is 11.3 Å². The predicted octanol–water partition coefficient (Wildman–Crippen LogP) is 4.07. The van der Waals surface area contributed by atoms with Gasteiger partial charge in [0.1, 0.15) is 5.82 Å². The zero-order valence-corrected chi connectivity index (χ0v) is 19.0. The number of nitrogen functional groups attached to an aromatic ring is 1. The van der Waals surface area contributed by atoms with E-state index in [1.54, 1.807) is 12.4 Å². The molecule has 0 bridgehead atoms. The van der Waals surface area contributed by atoms with E-state index in [0.29, 0.717) is 23.6 Å². The Balaban J connectivity index is 1.58. The minimum absolute atomic E-state index is 0.0312. The summed E-state index contributed by atoms with van der Waals surface area (Å²) >= 11 is 0. The van der Waals surface area contributed by atoms with Crippen LogP contribution in [0.15, 0.2) is 47.9 Å². The van der Waals surface area contributed by atoms with E-state index in [1.165, 1.54) is 6.08 Å². The van der Waals surface area contributed by atoms with Crippen molar-refractivity contribution < 1.29 is 18.0 Å². The number of allylic oxidation sites excluding steroid dienone is 3. The Bertz CT molecular complexity index is 1270. The normalized spacial score (nSPS) is 21.9. The van der Waals surface area contributed by atoms with Gasteiger partial charge in [0.05, 0.1) is 11.6 Å². The molecule has 1 fully saturated rings. The van der Waals surface area contributed by atoms with Crippen LogP contribution < -0.4 is 21.5 Å². The van der Waals surface area contributed by atoms with E-state index in [1.807, 2.05) is 37.3 Å². The van der Waals surface area contributed by atoms with Crippen LogP contribution in [0.4, 0.5) is 19.0 Å². The Morgan fingerprint density at radius 2 is 1.94 bits per heavy atom. The lowest BCUT2D eigenvalue weighted by Gasteiger charge is -2.25. The number of pyridine rings is 2. The number of amides is 1. The number of nitrogens with zero attached hydrogens (tertiary/aromatic N) is 2. The third kappa shape index (κ3) is 5.55. The molecule has 0 unspecified atom stereocenters. The molecule has 2 aromatic heterocycles. The number of aromatic nitrogens is 2. The molecule has 2 aliphatic rings. The summed E-state index contributed by atoms with van der Waals surface area (Å²) in [5, 5.41) is 4.53. The van der Waals surface area contributed by atoms with E-state index in [0.717, 1.165) is 33.6 Å². The molecule has 3 N–H and O–H groups in total. The molecule has 2 heterocycles. The van der Waals surface area contributed by atoms with Gasteiger partial charge in [0.25, 0.3) is 0 Å². The van der Waals surface area contributed by atoms with Crippen molar-refractivity contribution in [2.75, 3.05) is 5.73 Å². The second-order valence-electron chi connectivity index (χ2n) is 8.78. The van der Waals surface area contributed by atoms with Gasteiger partial charge in [0, 0.05) is 34.9 Å². The summed E-state index contributed by atoms with van der Waals surface area (Å²) in [4.78, 5) is 21.4. The number of nitrogens with one attached hydrogen (secondary N) is 1. The van der Waals surface area contributed by atoms with E-state index in [2.05, 4.69) is 15.3 Å². The highest BCUT2D eigenvalue weighted by Gasteiger charge is 2.40. The summed E-state index contributed by atoms with van der Waals surface area (Å²) < 4.78 is 38.7. The highest BCUT2D eigenvalue weighted by Crippen LogP contribution is 2.39. The van der Waals surface area contributed by atoms with Crippen molar-refractivity contribution in [3.63, 3.8) is 0 Å². The molecule has 1 saturated carbocycles. The van der Waals surface area contributed by atoms with Gasteiger partial charge in [-0.3, -0.25) is 9.78 Å². The van der Waals surface area contributed by atoms with Gasteiger partial charge < -0.3 is 11.1 Å². The molecule has 0 aromatic carbocycles. The van der Waals surface area contributed by atoms with Crippen LogP contribution in [0.25, 0.3) is 23.4 Å². The highest BCUT2D eigenvalue weighted by molar-refractivity contribution is 5.90. The van der Waals surface area contributed by atoms with Crippen LogP contribution in [0.1, 0.15) is 44.1 Å². The van der Waals surface area contributed by atoms with Crippen molar-refractivity contribution in [1.82, 2.24) is 15.3 Å². The average molecular weight is 469 g/mol. The van der Waals surface area contributed by atoms with Gasteiger partial charge in [-0.1, -0.05) is 17.7 Å². The van der Waals surface area contributed by atoms with Crippen LogP contribution in [0.2, 0.25) is 0 Å². The Morgan fingerprint density at radius 1 is 1.21 bits per heavy atom. The number of carbonyl (C=O) groups excluding carboxylic acids is 1. The molecule has 0 radical (unpaired) electrons. The number of rotatable bonds is 3. The highest BCUT2D eigenvalue weighted by atomic mass is 19.4. The van der Waals surface area contributed by atoms with E-state index >= 15 is 0 Å². The van der Waals surface area contributed by atoms with E-state index in [-0.39, 0.29) is 31.6 Å². The largest absolute Gasteiger partial charge is 0.391 e. The number of fused-ring (bicyclic) bond motifs is 1. The fourth-order valence-corrected chi connectivity index (χ4v) is 4.41. The van der Waals surface area contributed by atoms with Gasteiger partial charge >= 0.3 is 6.18 Å². The molecule has 178 valence electrons. The molecule has 0 spiro atoms. The first-order valence-electron chi connectivity index (χ1n) is 11.4. The lowest BCUT2D eigenvalue weighted by Crippen LogP contribution is -2.32. The summed E-state index contributed by atoms with van der Waals surface area (Å²) in [6.45, 7) is 1.97. The van der Waals surface area contributed by atoms with Gasteiger partial charge in [-0.25, -0.2) is 4.98 Å². The fourth-order valence-electron chi connectivity index (χ4n) is 4.41. The lowest BCUT2D eigenvalue weighted by atomic mass is 9.85.